The average molecular weight is 254 g/mol. The predicted molar refractivity (Wildman–Crippen MR) is 77.7 cm³/mol. The highest BCUT2D eigenvalue weighted by molar-refractivity contribution is 8.14. The third-order valence-corrected chi connectivity index (χ3v) is 5.53. The van der Waals surface area contributed by atoms with Crippen molar-refractivity contribution in [2.75, 3.05) is 12.3 Å². The van der Waals surface area contributed by atoms with E-state index in [1.165, 1.54) is 43.0 Å². The summed E-state index contributed by atoms with van der Waals surface area (Å²) in [6, 6.07) is 0. The molecule has 2 nitrogen and oxygen atoms in total. The van der Waals surface area contributed by atoms with Gasteiger partial charge in [0.1, 0.15) is 0 Å². The Morgan fingerprint density at radius 2 is 1.94 bits per heavy atom. The van der Waals surface area contributed by atoms with Crippen molar-refractivity contribution in [3.05, 3.63) is 0 Å². The summed E-state index contributed by atoms with van der Waals surface area (Å²) in [5.74, 6) is 2.66. The molecule has 0 aromatic heterocycles. The average Bonchev–Trinajstić information content (AvgIpc) is 2.70. The molecule has 2 rings (SSSR count). The Morgan fingerprint density at radius 3 is 2.59 bits per heavy atom. The first-order chi connectivity index (χ1) is 8.11. The van der Waals surface area contributed by atoms with Gasteiger partial charge >= 0.3 is 0 Å². The maximum atomic E-state index is 4.76. The molecule has 1 atom stereocenters. The Balaban J connectivity index is 1.86. The molecular weight excluding hydrogens is 228 g/mol. The van der Waals surface area contributed by atoms with Crippen LogP contribution >= 0.6 is 11.8 Å². The lowest BCUT2D eigenvalue weighted by Crippen LogP contribution is -2.45. The van der Waals surface area contributed by atoms with E-state index >= 15 is 0 Å². The summed E-state index contributed by atoms with van der Waals surface area (Å²) in [7, 11) is 0. The number of hydrogen-bond acceptors (Lipinski definition) is 2. The van der Waals surface area contributed by atoms with Gasteiger partial charge in [-0.2, -0.15) is 0 Å². The Bertz CT molecular complexity index is 280. The van der Waals surface area contributed by atoms with Crippen LogP contribution in [-0.4, -0.2) is 23.0 Å². The summed E-state index contributed by atoms with van der Waals surface area (Å²) in [6.45, 7) is 7.83. The van der Waals surface area contributed by atoms with Crippen molar-refractivity contribution in [3.63, 3.8) is 0 Å². The predicted octanol–water partition coefficient (Wildman–Crippen LogP) is 3.67. The van der Waals surface area contributed by atoms with E-state index in [2.05, 4.69) is 26.1 Å². The number of aliphatic imine (C=N–C) groups is 1. The Morgan fingerprint density at radius 1 is 1.24 bits per heavy atom. The number of nitrogens with zero attached hydrogens (tertiary/aromatic N) is 1. The standard InChI is InChI=1S/C14H26N2S/c1-11(2)12(3)9-15-13-16-14(10-17-13)7-5-4-6-8-14/h11-12H,4-10H2,1-3H3,(H,15,16). The van der Waals surface area contributed by atoms with Gasteiger partial charge in [-0.15, -0.1) is 0 Å². The normalized spacial score (nSPS) is 27.6. The van der Waals surface area contributed by atoms with E-state index in [1.807, 2.05) is 11.8 Å². The zero-order chi connectivity index (χ0) is 12.3. The summed E-state index contributed by atoms with van der Waals surface area (Å²) in [6.07, 6.45) is 6.90. The van der Waals surface area contributed by atoms with Crippen LogP contribution in [0.1, 0.15) is 52.9 Å². The minimum Gasteiger partial charge on any atom is -0.359 e. The smallest absolute Gasteiger partial charge is 0.157 e. The molecule has 0 aromatic carbocycles. The highest BCUT2D eigenvalue weighted by Gasteiger charge is 2.37. The molecule has 17 heavy (non-hydrogen) atoms. The Labute approximate surface area is 110 Å². The third kappa shape index (κ3) is 3.40. The lowest BCUT2D eigenvalue weighted by molar-refractivity contribution is 0.303. The number of rotatable bonds is 3. The van der Waals surface area contributed by atoms with Gasteiger partial charge in [-0.1, -0.05) is 51.8 Å². The maximum Gasteiger partial charge on any atom is 0.157 e. The molecule has 1 unspecified atom stereocenters. The molecule has 1 saturated heterocycles. The van der Waals surface area contributed by atoms with Gasteiger partial charge in [-0.05, 0) is 24.7 Å². The molecule has 1 aliphatic heterocycles. The lowest BCUT2D eigenvalue weighted by Gasteiger charge is -2.32. The van der Waals surface area contributed by atoms with Crippen LogP contribution in [0.15, 0.2) is 4.99 Å². The summed E-state index contributed by atoms with van der Waals surface area (Å²) >= 11 is 1.94. The highest BCUT2D eigenvalue weighted by atomic mass is 32.2. The Hall–Kier alpha value is -0.180. The van der Waals surface area contributed by atoms with Gasteiger partial charge in [0.2, 0.25) is 0 Å². The van der Waals surface area contributed by atoms with Crippen LogP contribution in [0.25, 0.3) is 0 Å². The van der Waals surface area contributed by atoms with Crippen LogP contribution in [0.4, 0.5) is 0 Å². The molecule has 0 bridgehead atoms. The number of thioether (sulfide) groups is 1. The molecule has 1 N–H and O–H groups in total. The van der Waals surface area contributed by atoms with Crippen molar-refractivity contribution >= 4 is 16.9 Å². The Kier molecular flexibility index (Phi) is 4.40. The maximum absolute atomic E-state index is 4.76. The quantitative estimate of drug-likeness (QED) is 0.831. The highest BCUT2D eigenvalue weighted by Crippen LogP contribution is 2.36. The fourth-order valence-electron chi connectivity index (χ4n) is 2.53. The largest absolute Gasteiger partial charge is 0.359 e. The van der Waals surface area contributed by atoms with Gasteiger partial charge in [-0.3, -0.25) is 4.99 Å². The van der Waals surface area contributed by atoms with Gasteiger partial charge in [0.25, 0.3) is 0 Å². The fourth-order valence-corrected chi connectivity index (χ4v) is 3.75. The summed E-state index contributed by atoms with van der Waals surface area (Å²) in [4.78, 5) is 4.76. The second kappa shape index (κ2) is 5.64. The minimum absolute atomic E-state index is 0.406. The first-order valence-corrected chi connectivity index (χ1v) is 8.05. The van der Waals surface area contributed by atoms with Crippen LogP contribution in [0.2, 0.25) is 0 Å². The van der Waals surface area contributed by atoms with Crippen LogP contribution < -0.4 is 5.32 Å². The van der Waals surface area contributed by atoms with Crippen LogP contribution in [-0.2, 0) is 0 Å². The molecule has 1 aliphatic carbocycles. The van der Waals surface area contributed by atoms with Gasteiger partial charge in [0, 0.05) is 17.8 Å². The van der Waals surface area contributed by atoms with E-state index in [-0.39, 0.29) is 0 Å². The number of hydrogen-bond donors (Lipinski definition) is 1. The van der Waals surface area contributed by atoms with Crippen molar-refractivity contribution < 1.29 is 0 Å². The van der Waals surface area contributed by atoms with E-state index in [9.17, 15) is 0 Å². The van der Waals surface area contributed by atoms with Crippen molar-refractivity contribution in [2.24, 2.45) is 16.8 Å². The van der Waals surface area contributed by atoms with Crippen molar-refractivity contribution in [1.82, 2.24) is 5.32 Å². The second-order valence-electron chi connectivity index (χ2n) is 6.12. The topological polar surface area (TPSA) is 24.4 Å². The fraction of sp³-hybridized carbons (Fsp3) is 0.929. The summed E-state index contributed by atoms with van der Waals surface area (Å²) < 4.78 is 0. The second-order valence-corrected chi connectivity index (χ2v) is 7.09. The molecule has 98 valence electrons. The third-order valence-electron chi connectivity index (χ3n) is 4.33. The molecule has 0 amide bonds. The van der Waals surface area contributed by atoms with Crippen LogP contribution in [0, 0.1) is 11.8 Å². The van der Waals surface area contributed by atoms with Gasteiger partial charge < -0.3 is 5.32 Å². The summed E-state index contributed by atoms with van der Waals surface area (Å²) in [5, 5.41) is 4.92. The first kappa shape index (κ1) is 13.3. The van der Waals surface area contributed by atoms with Crippen LogP contribution in [0.3, 0.4) is 0 Å². The molecule has 1 spiro atoms. The monoisotopic (exact) mass is 254 g/mol. The van der Waals surface area contributed by atoms with E-state index < -0.39 is 0 Å². The molecule has 2 fully saturated rings. The lowest BCUT2D eigenvalue weighted by atomic mass is 9.83. The van der Waals surface area contributed by atoms with Gasteiger partial charge in [0.05, 0.1) is 0 Å². The van der Waals surface area contributed by atoms with Crippen molar-refractivity contribution in [3.8, 4) is 0 Å². The van der Waals surface area contributed by atoms with E-state index in [0.29, 0.717) is 11.5 Å². The van der Waals surface area contributed by atoms with E-state index in [0.717, 1.165) is 12.5 Å². The molecule has 2 aliphatic rings. The van der Waals surface area contributed by atoms with Crippen LogP contribution in [0.5, 0.6) is 0 Å². The van der Waals surface area contributed by atoms with Gasteiger partial charge in [-0.25, -0.2) is 0 Å². The molecule has 3 heteroatoms. The SMILES string of the molecule is CC(C)C(C)CN=C1NC2(CCCCC2)CS1. The number of amidine groups is 1. The van der Waals surface area contributed by atoms with E-state index in [4.69, 9.17) is 4.99 Å². The number of nitrogens with one attached hydrogen (secondary N) is 1. The van der Waals surface area contributed by atoms with Crippen molar-refractivity contribution in [2.45, 2.75) is 58.4 Å². The molecule has 1 saturated carbocycles. The van der Waals surface area contributed by atoms with Gasteiger partial charge in [0.15, 0.2) is 5.17 Å². The molecule has 0 aromatic rings. The zero-order valence-electron chi connectivity index (χ0n) is 11.5. The summed E-state index contributed by atoms with van der Waals surface area (Å²) in [5.41, 5.74) is 0.406. The molecule has 1 heterocycles. The molecule has 0 radical (unpaired) electrons. The first-order valence-electron chi connectivity index (χ1n) is 7.07. The molecular formula is C14H26N2S. The van der Waals surface area contributed by atoms with E-state index in [1.54, 1.807) is 0 Å². The zero-order valence-corrected chi connectivity index (χ0v) is 12.3. The minimum atomic E-state index is 0.406. The van der Waals surface area contributed by atoms with Crippen molar-refractivity contribution in [1.29, 1.82) is 0 Å².